The number of rotatable bonds is 7. The van der Waals surface area contributed by atoms with Gasteiger partial charge in [0, 0.05) is 11.6 Å². The van der Waals surface area contributed by atoms with E-state index in [0.717, 1.165) is 35.4 Å². The molecule has 1 amide bonds. The van der Waals surface area contributed by atoms with E-state index in [2.05, 4.69) is 14.9 Å². The minimum atomic E-state index is -0.342. The molecule has 2 aromatic carbocycles. The van der Waals surface area contributed by atoms with Crippen molar-refractivity contribution >= 4 is 28.5 Å². The Labute approximate surface area is 168 Å². The summed E-state index contributed by atoms with van der Waals surface area (Å²) in [6, 6.07) is 15.2. The summed E-state index contributed by atoms with van der Waals surface area (Å²) >= 11 is 5.91. The highest BCUT2D eigenvalue weighted by Gasteiger charge is 2.23. The quantitative estimate of drug-likeness (QED) is 0.659. The molecule has 1 aromatic heterocycles. The summed E-state index contributed by atoms with van der Waals surface area (Å²) in [5, 5.41) is 3.63. The number of hydrogen-bond donors (Lipinski definition) is 1. The summed E-state index contributed by atoms with van der Waals surface area (Å²) in [6.45, 7) is 2.11. The monoisotopic (exact) mass is 399 g/mol. The highest BCUT2D eigenvalue weighted by Crippen LogP contribution is 2.18. The number of carbonyl (C=O) groups excluding carboxylic acids is 1. The van der Waals surface area contributed by atoms with Gasteiger partial charge in [0.1, 0.15) is 24.3 Å². The van der Waals surface area contributed by atoms with Crippen LogP contribution in [0.25, 0.3) is 11.0 Å². The number of aromatic nitrogens is 2. The summed E-state index contributed by atoms with van der Waals surface area (Å²) < 4.78 is 13.4. The fourth-order valence-corrected chi connectivity index (χ4v) is 3.49. The van der Waals surface area contributed by atoms with Crippen molar-refractivity contribution in [2.75, 3.05) is 13.2 Å². The summed E-state index contributed by atoms with van der Waals surface area (Å²) in [7, 11) is 0. The van der Waals surface area contributed by atoms with Crippen LogP contribution in [0.2, 0.25) is 5.02 Å². The highest BCUT2D eigenvalue weighted by atomic mass is 35.5. The Kier molecular flexibility index (Phi) is 5.78. The van der Waals surface area contributed by atoms with Gasteiger partial charge in [0.05, 0.1) is 24.1 Å². The molecule has 1 atom stereocenters. The van der Waals surface area contributed by atoms with Gasteiger partial charge in [-0.1, -0.05) is 23.7 Å². The third kappa shape index (κ3) is 4.29. The Morgan fingerprint density at radius 2 is 2.07 bits per heavy atom. The Balaban J connectivity index is 1.45. The molecule has 0 bridgehead atoms. The molecule has 1 aliphatic heterocycles. The Morgan fingerprint density at radius 3 is 2.86 bits per heavy atom. The van der Waals surface area contributed by atoms with E-state index in [1.54, 1.807) is 12.1 Å². The van der Waals surface area contributed by atoms with Gasteiger partial charge in [-0.25, -0.2) is 4.98 Å². The summed E-state index contributed by atoms with van der Waals surface area (Å²) in [5.41, 5.74) is 1.92. The van der Waals surface area contributed by atoms with E-state index >= 15 is 0 Å². The molecule has 0 saturated carbocycles. The van der Waals surface area contributed by atoms with Gasteiger partial charge in [-0.2, -0.15) is 0 Å². The lowest BCUT2D eigenvalue weighted by Gasteiger charge is -2.13. The van der Waals surface area contributed by atoms with Gasteiger partial charge in [-0.05, 0) is 49.2 Å². The third-order valence-corrected chi connectivity index (χ3v) is 5.03. The molecule has 1 N–H and O–H groups in total. The van der Waals surface area contributed by atoms with Crippen molar-refractivity contribution in [1.82, 2.24) is 14.9 Å². The number of fused-ring (bicyclic) bond motifs is 1. The zero-order valence-corrected chi connectivity index (χ0v) is 16.2. The highest BCUT2D eigenvalue weighted by molar-refractivity contribution is 6.30. The maximum absolute atomic E-state index is 12.3. The fourth-order valence-electron chi connectivity index (χ4n) is 3.36. The van der Waals surface area contributed by atoms with Gasteiger partial charge in [0.15, 0.2) is 0 Å². The molecule has 3 aromatic rings. The van der Waals surface area contributed by atoms with Crippen molar-refractivity contribution in [1.29, 1.82) is 0 Å². The average Bonchev–Trinajstić information content (AvgIpc) is 3.36. The minimum absolute atomic E-state index is 0.0754. The number of nitrogens with one attached hydrogen (secondary N) is 1. The predicted octanol–water partition coefficient (Wildman–Crippen LogP) is 3.56. The fraction of sp³-hybridized carbons (Fsp3) is 0.333. The second-order valence-electron chi connectivity index (χ2n) is 6.69. The zero-order valence-electron chi connectivity index (χ0n) is 15.4. The predicted molar refractivity (Wildman–Crippen MR) is 108 cm³/mol. The number of benzene rings is 2. The van der Waals surface area contributed by atoms with Gasteiger partial charge in [0.25, 0.3) is 0 Å². The van der Waals surface area contributed by atoms with Crippen LogP contribution in [0.15, 0.2) is 48.5 Å². The molecule has 0 spiro atoms. The lowest BCUT2D eigenvalue weighted by Crippen LogP contribution is -2.34. The molecule has 7 heteroatoms. The maximum Gasteiger partial charge on any atom is 0.249 e. The molecule has 4 rings (SSSR count). The molecule has 6 nitrogen and oxygen atoms in total. The molecule has 0 radical (unpaired) electrons. The lowest BCUT2D eigenvalue weighted by atomic mass is 10.2. The molecule has 1 unspecified atom stereocenters. The maximum atomic E-state index is 12.3. The number of para-hydroxylation sites is 2. The van der Waals surface area contributed by atoms with Gasteiger partial charge in [-0.3, -0.25) is 4.79 Å². The largest absolute Gasteiger partial charge is 0.492 e. The van der Waals surface area contributed by atoms with Crippen LogP contribution in [0.1, 0.15) is 18.7 Å². The molecule has 1 saturated heterocycles. The number of amides is 1. The first-order chi connectivity index (χ1) is 13.7. The van der Waals surface area contributed by atoms with E-state index in [0.29, 0.717) is 31.3 Å². The van der Waals surface area contributed by atoms with E-state index in [9.17, 15) is 4.79 Å². The number of nitrogens with zero attached hydrogens (tertiary/aromatic N) is 2. The van der Waals surface area contributed by atoms with Crippen molar-refractivity contribution in [3.05, 3.63) is 59.4 Å². The molecule has 2 heterocycles. The first-order valence-corrected chi connectivity index (χ1v) is 9.80. The SMILES string of the molecule is O=C(NCc1nc2ccccc2n1CCOc1ccc(Cl)cc1)C1CCCO1. The van der Waals surface area contributed by atoms with E-state index in [1.165, 1.54) is 0 Å². The smallest absolute Gasteiger partial charge is 0.249 e. The van der Waals surface area contributed by atoms with Crippen LogP contribution in [0, 0.1) is 0 Å². The standard InChI is InChI=1S/C21H22ClN3O3/c22-15-7-9-16(10-8-15)27-13-11-25-18-5-2-1-4-17(18)24-20(25)14-23-21(26)19-6-3-12-28-19/h1-2,4-5,7-10,19H,3,6,11-14H2,(H,23,26). The van der Waals surface area contributed by atoms with Crippen molar-refractivity contribution in [3.63, 3.8) is 0 Å². The summed E-state index contributed by atoms with van der Waals surface area (Å²) in [4.78, 5) is 16.9. The Hall–Kier alpha value is -2.57. The van der Waals surface area contributed by atoms with Gasteiger partial charge < -0.3 is 19.4 Å². The second kappa shape index (κ2) is 8.63. The van der Waals surface area contributed by atoms with E-state index < -0.39 is 0 Å². The molecule has 28 heavy (non-hydrogen) atoms. The molecule has 1 aliphatic rings. The van der Waals surface area contributed by atoms with Crippen LogP contribution in [0.4, 0.5) is 0 Å². The molecule has 146 valence electrons. The zero-order chi connectivity index (χ0) is 19.3. The number of halogens is 1. The first kappa shape index (κ1) is 18.8. The van der Waals surface area contributed by atoms with E-state index in [4.69, 9.17) is 21.1 Å². The second-order valence-corrected chi connectivity index (χ2v) is 7.13. The summed E-state index contributed by atoms with van der Waals surface area (Å²) in [5.74, 6) is 1.49. The Morgan fingerprint density at radius 1 is 1.25 bits per heavy atom. The van der Waals surface area contributed by atoms with Crippen LogP contribution in [0.3, 0.4) is 0 Å². The average molecular weight is 400 g/mol. The van der Waals surface area contributed by atoms with Gasteiger partial charge >= 0.3 is 0 Å². The van der Waals surface area contributed by atoms with Crippen molar-refractivity contribution < 1.29 is 14.3 Å². The topological polar surface area (TPSA) is 65.4 Å². The number of carbonyl (C=O) groups is 1. The number of imidazole rings is 1. The van der Waals surface area contributed by atoms with Crippen LogP contribution < -0.4 is 10.1 Å². The normalized spacial score (nSPS) is 16.4. The van der Waals surface area contributed by atoms with Crippen LogP contribution in [-0.4, -0.2) is 34.8 Å². The lowest BCUT2D eigenvalue weighted by molar-refractivity contribution is -0.130. The van der Waals surface area contributed by atoms with Crippen LogP contribution >= 0.6 is 11.6 Å². The van der Waals surface area contributed by atoms with E-state index in [-0.39, 0.29) is 12.0 Å². The van der Waals surface area contributed by atoms with Crippen molar-refractivity contribution in [3.8, 4) is 5.75 Å². The summed E-state index contributed by atoms with van der Waals surface area (Å²) in [6.07, 6.45) is 1.36. The third-order valence-electron chi connectivity index (χ3n) is 4.77. The molecule has 0 aliphatic carbocycles. The van der Waals surface area contributed by atoms with Crippen LogP contribution in [0.5, 0.6) is 5.75 Å². The minimum Gasteiger partial charge on any atom is -0.492 e. The number of hydrogen-bond acceptors (Lipinski definition) is 4. The van der Waals surface area contributed by atoms with E-state index in [1.807, 2.05) is 36.4 Å². The number of ether oxygens (including phenoxy) is 2. The van der Waals surface area contributed by atoms with Gasteiger partial charge in [0.2, 0.25) is 5.91 Å². The van der Waals surface area contributed by atoms with Crippen LogP contribution in [-0.2, 0) is 22.6 Å². The van der Waals surface area contributed by atoms with Crippen molar-refractivity contribution in [2.24, 2.45) is 0 Å². The molecule has 1 fully saturated rings. The van der Waals surface area contributed by atoms with Gasteiger partial charge in [-0.15, -0.1) is 0 Å². The Bertz CT molecular complexity index is 949. The first-order valence-electron chi connectivity index (χ1n) is 9.42. The van der Waals surface area contributed by atoms with Crippen molar-refractivity contribution in [2.45, 2.75) is 32.0 Å². The molecular formula is C21H22ClN3O3. The molecular weight excluding hydrogens is 378 g/mol.